The van der Waals surface area contributed by atoms with Gasteiger partial charge in [0.1, 0.15) is 5.75 Å². The summed E-state index contributed by atoms with van der Waals surface area (Å²) < 4.78 is 5.85. The second-order valence-corrected chi connectivity index (χ2v) is 5.77. The molecule has 2 aromatic rings. The summed E-state index contributed by atoms with van der Waals surface area (Å²) in [6.07, 6.45) is 1.77. The molecule has 22 heavy (non-hydrogen) atoms. The highest BCUT2D eigenvalue weighted by Crippen LogP contribution is 2.26. The first-order valence-corrected chi connectivity index (χ1v) is 7.50. The lowest BCUT2D eigenvalue weighted by Gasteiger charge is -2.06. The topological polar surface area (TPSA) is 58.9 Å². The summed E-state index contributed by atoms with van der Waals surface area (Å²) in [7, 11) is 0. The highest BCUT2D eigenvalue weighted by molar-refractivity contribution is 9.10. The van der Waals surface area contributed by atoms with Gasteiger partial charge in [-0.15, -0.1) is 0 Å². The average molecular weight is 362 g/mol. The highest BCUT2D eigenvalue weighted by Gasteiger charge is 2.04. The number of carbonyl (C=O) groups is 1. The van der Waals surface area contributed by atoms with Gasteiger partial charge in [-0.2, -0.15) is 0 Å². The fraction of sp³-hybridized carbons (Fsp3) is 0.176. The Kier molecular flexibility index (Phi) is 5.33. The third kappa shape index (κ3) is 4.43. The van der Waals surface area contributed by atoms with Crippen LogP contribution < -0.4 is 4.74 Å². The predicted octanol–water partition coefficient (Wildman–Crippen LogP) is 4.28. The summed E-state index contributed by atoms with van der Waals surface area (Å²) in [6.45, 7) is 3.68. The van der Waals surface area contributed by atoms with Crippen LogP contribution in [0.5, 0.6) is 5.75 Å². The lowest BCUT2D eigenvalue weighted by Crippen LogP contribution is -2.09. The van der Waals surface area contributed by atoms with Gasteiger partial charge in [0.15, 0.2) is 6.61 Å². The highest BCUT2D eigenvalue weighted by atomic mass is 79.9. The van der Waals surface area contributed by atoms with E-state index >= 15 is 0 Å². The van der Waals surface area contributed by atoms with E-state index in [0.29, 0.717) is 10.2 Å². The number of aliphatic imine (C=N–C) groups is 1. The van der Waals surface area contributed by atoms with Crippen LogP contribution in [-0.4, -0.2) is 23.9 Å². The zero-order valence-corrected chi connectivity index (χ0v) is 13.9. The Labute approximate surface area is 137 Å². The van der Waals surface area contributed by atoms with Crippen molar-refractivity contribution in [2.75, 3.05) is 6.61 Å². The zero-order valence-electron chi connectivity index (χ0n) is 12.3. The lowest BCUT2D eigenvalue weighted by atomic mass is 10.1. The molecule has 0 bridgehead atoms. The van der Waals surface area contributed by atoms with Crippen LogP contribution in [-0.2, 0) is 4.79 Å². The van der Waals surface area contributed by atoms with Gasteiger partial charge in [-0.1, -0.05) is 12.1 Å². The van der Waals surface area contributed by atoms with E-state index in [9.17, 15) is 4.79 Å². The first-order chi connectivity index (χ1) is 10.5. The molecule has 0 aliphatic rings. The Morgan fingerprint density at radius 1 is 1.27 bits per heavy atom. The second kappa shape index (κ2) is 7.22. The van der Waals surface area contributed by atoms with Gasteiger partial charge in [0.25, 0.3) is 0 Å². The third-order valence-corrected chi connectivity index (χ3v) is 3.64. The van der Waals surface area contributed by atoms with Crippen LogP contribution in [0.1, 0.15) is 16.7 Å². The molecular weight excluding hydrogens is 346 g/mol. The molecule has 2 rings (SSSR count). The molecule has 0 aliphatic heterocycles. The lowest BCUT2D eigenvalue weighted by molar-refractivity contribution is -0.139. The van der Waals surface area contributed by atoms with Crippen LogP contribution in [0.3, 0.4) is 0 Å². The molecular formula is C17H16BrNO3. The number of halogens is 1. The maximum absolute atomic E-state index is 10.5. The SMILES string of the molecule is Cc1ccc(C)c(N=Cc2ccc(OCC(=O)O)c(Br)c2)c1. The predicted molar refractivity (Wildman–Crippen MR) is 90.4 cm³/mol. The van der Waals surface area contributed by atoms with Crippen molar-refractivity contribution >= 4 is 33.8 Å². The van der Waals surface area contributed by atoms with Crippen LogP contribution >= 0.6 is 15.9 Å². The maximum atomic E-state index is 10.5. The van der Waals surface area contributed by atoms with Gasteiger partial charge in [-0.05, 0) is 70.7 Å². The van der Waals surface area contributed by atoms with E-state index in [1.165, 1.54) is 0 Å². The summed E-state index contributed by atoms with van der Waals surface area (Å²) in [6, 6.07) is 11.5. The summed E-state index contributed by atoms with van der Waals surface area (Å²) in [5, 5.41) is 8.62. The Hall–Kier alpha value is -2.14. The quantitative estimate of drug-likeness (QED) is 0.808. The molecule has 0 fully saturated rings. The number of carboxylic acids is 1. The fourth-order valence-electron chi connectivity index (χ4n) is 1.86. The first-order valence-electron chi connectivity index (χ1n) is 6.71. The number of rotatable bonds is 5. The van der Waals surface area contributed by atoms with Crippen molar-refractivity contribution in [1.29, 1.82) is 0 Å². The molecule has 5 heteroatoms. The molecule has 1 N–H and O–H groups in total. The smallest absolute Gasteiger partial charge is 0.341 e. The van der Waals surface area contributed by atoms with Gasteiger partial charge < -0.3 is 9.84 Å². The van der Waals surface area contributed by atoms with Crippen molar-refractivity contribution < 1.29 is 14.6 Å². The maximum Gasteiger partial charge on any atom is 0.341 e. The molecule has 0 spiro atoms. The van der Waals surface area contributed by atoms with E-state index in [0.717, 1.165) is 22.4 Å². The van der Waals surface area contributed by atoms with Crippen molar-refractivity contribution in [2.45, 2.75) is 13.8 Å². The van der Waals surface area contributed by atoms with Gasteiger partial charge in [0.05, 0.1) is 10.2 Å². The molecule has 0 saturated heterocycles. The van der Waals surface area contributed by atoms with Crippen molar-refractivity contribution in [3.05, 3.63) is 57.6 Å². The van der Waals surface area contributed by atoms with E-state index < -0.39 is 5.97 Å². The van der Waals surface area contributed by atoms with Gasteiger partial charge >= 0.3 is 5.97 Å². The normalized spacial score (nSPS) is 10.9. The second-order valence-electron chi connectivity index (χ2n) is 4.92. The Morgan fingerprint density at radius 2 is 2.05 bits per heavy atom. The summed E-state index contributed by atoms with van der Waals surface area (Å²) in [5.74, 6) is -0.515. The Balaban J connectivity index is 2.16. The molecule has 0 heterocycles. The van der Waals surface area contributed by atoms with Crippen LogP contribution in [0.4, 0.5) is 5.69 Å². The molecule has 2 aromatic carbocycles. The van der Waals surface area contributed by atoms with Crippen molar-refractivity contribution in [1.82, 2.24) is 0 Å². The molecule has 114 valence electrons. The van der Waals surface area contributed by atoms with Crippen LogP contribution in [0.15, 0.2) is 45.9 Å². The largest absolute Gasteiger partial charge is 0.481 e. The summed E-state index contributed by atoms with van der Waals surface area (Å²) in [5.41, 5.74) is 4.11. The van der Waals surface area contributed by atoms with Crippen LogP contribution in [0.25, 0.3) is 0 Å². The van der Waals surface area contributed by atoms with Crippen LogP contribution in [0.2, 0.25) is 0 Å². The third-order valence-electron chi connectivity index (χ3n) is 3.02. The minimum Gasteiger partial charge on any atom is -0.481 e. The molecule has 0 aromatic heterocycles. The molecule has 0 atom stereocenters. The Bertz CT molecular complexity index is 726. The number of hydrogen-bond donors (Lipinski definition) is 1. The average Bonchev–Trinajstić information content (AvgIpc) is 2.47. The zero-order chi connectivity index (χ0) is 16.1. The van der Waals surface area contributed by atoms with Crippen molar-refractivity contribution in [3.8, 4) is 5.75 Å². The van der Waals surface area contributed by atoms with E-state index in [1.54, 1.807) is 12.3 Å². The van der Waals surface area contributed by atoms with E-state index in [1.807, 2.05) is 38.1 Å². The summed E-state index contributed by atoms with van der Waals surface area (Å²) in [4.78, 5) is 15.0. The Morgan fingerprint density at radius 3 is 2.73 bits per heavy atom. The number of nitrogens with zero attached hydrogens (tertiary/aromatic N) is 1. The number of ether oxygens (including phenoxy) is 1. The number of benzene rings is 2. The van der Waals surface area contributed by atoms with E-state index in [-0.39, 0.29) is 6.61 Å². The van der Waals surface area contributed by atoms with Crippen molar-refractivity contribution in [2.24, 2.45) is 4.99 Å². The van der Waals surface area contributed by atoms with Gasteiger partial charge in [0, 0.05) is 6.21 Å². The van der Waals surface area contributed by atoms with Gasteiger partial charge in [-0.25, -0.2) is 4.79 Å². The molecule has 4 nitrogen and oxygen atoms in total. The summed E-state index contributed by atoms with van der Waals surface area (Å²) >= 11 is 3.37. The molecule has 0 radical (unpaired) electrons. The monoisotopic (exact) mass is 361 g/mol. The first kappa shape index (κ1) is 16.2. The van der Waals surface area contributed by atoms with Gasteiger partial charge in [-0.3, -0.25) is 4.99 Å². The number of aryl methyl sites for hydroxylation is 2. The minimum atomic E-state index is -1.01. The van der Waals surface area contributed by atoms with Crippen LogP contribution in [0, 0.1) is 13.8 Å². The molecule has 0 saturated carbocycles. The van der Waals surface area contributed by atoms with Gasteiger partial charge in [0.2, 0.25) is 0 Å². The van der Waals surface area contributed by atoms with E-state index in [4.69, 9.17) is 9.84 Å². The van der Waals surface area contributed by atoms with E-state index in [2.05, 4.69) is 27.0 Å². The standard InChI is InChI=1S/C17H16BrNO3/c1-11-3-4-12(2)15(7-11)19-9-13-5-6-16(14(18)8-13)22-10-17(20)21/h3-9H,10H2,1-2H3,(H,20,21). The fourth-order valence-corrected chi connectivity index (χ4v) is 2.37. The minimum absolute atomic E-state index is 0.367. The molecule has 0 amide bonds. The number of hydrogen-bond acceptors (Lipinski definition) is 3. The molecule has 0 unspecified atom stereocenters. The number of aliphatic carboxylic acids is 1. The van der Waals surface area contributed by atoms with Crippen molar-refractivity contribution in [3.63, 3.8) is 0 Å². The number of carboxylic acid groups (broad SMARTS) is 1. The molecule has 0 aliphatic carbocycles.